The molecule has 15 heavy (non-hydrogen) atoms. The van der Waals surface area contributed by atoms with E-state index in [2.05, 4.69) is 4.89 Å². The Bertz CT molecular complexity index is 487. The van der Waals surface area contributed by atoms with E-state index < -0.39 is 6.16 Å². The molecule has 0 saturated heterocycles. The molecule has 0 saturated carbocycles. The predicted octanol–water partition coefficient (Wildman–Crippen LogP) is 2.83. The smallest absolute Gasteiger partial charge is 0.392 e. The van der Waals surface area contributed by atoms with Crippen LogP contribution in [0.15, 0.2) is 42.5 Å². The van der Waals surface area contributed by atoms with E-state index in [0.717, 1.165) is 10.8 Å². The quantitative estimate of drug-likeness (QED) is 0.336. The highest BCUT2D eigenvalue weighted by Gasteiger charge is 2.07. The van der Waals surface area contributed by atoms with Gasteiger partial charge in [0.05, 0.1) is 0 Å². The third kappa shape index (κ3) is 1.89. The van der Waals surface area contributed by atoms with Gasteiger partial charge in [0.1, 0.15) is 5.75 Å². The highest BCUT2D eigenvalue weighted by molar-refractivity contribution is 5.89. The van der Waals surface area contributed by atoms with Gasteiger partial charge in [0.2, 0.25) is 0 Å². The number of ether oxygens (including phenoxy) is 1. The molecule has 2 aromatic carbocycles. The van der Waals surface area contributed by atoms with Gasteiger partial charge in [0.15, 0.2) is 0 Å². The van der Waals surface area contributed by atoms with Gasteiger partial charge in [0.25, 0.3) is 0 Å². The summed E-state index contributed by atoms with van der Waals surface area (Å²) >= 11 is 0. The van der Waals surface area contributed by atoms with Gasteiger partial charge in [-0.3, -0.25) is 4.89 Å². The molecule has 4 heteroatoms. The van der Waals surface area contributed by atoms with Crippen LogP contribution in [0.2, 0.25) is 0 Å². The molecular formula is C11H8O4. The zero-order valence-corrected chi connectivity index (χ0v) is 7.71. The number of carbonyl (C=O) groups excluding carboxylic acids is 1. The van der Waals surface area contributed by atoms with E-state index in [4.69, 9.17) is 9.99 Å². The minimum atomic E-state index is -1.15. The summed E-state index contributed by atoms with van der Waals surface area (Å²) in [6, 6.07) is 12.7. The Morgan fingerprint density at radius 1 is 1.07 bits per heavy atom. The first kappa shape index (κ1) is 9.48. The molecule has 0 heterocycles. The van der Waals surface area contributed by atoms with Crippen molar-refractivity contribution < 1.29 is 19.7 Å². The van der Waals surface area contributed by atoms with Crippen LogP contribution >= 0.6 is 0 Å². The molecule has 2 aromatic rings. The van der Waals surface area contributed by atoms with Crippen molar-refractivity contribution in [3.63, 3.8) is 0 Å². The molecule has 76 valence electrons. The van der Waals surface area contributed by atoms with Gasteiger partial charge in [-0.05, 0) is 11.5 Å². The zero-order chi connectivity index (χ0) is 10.7. The lowest BCUT2D eigenvalue weighted by molar-refractivity contribution is -0.191. The lowest BCUT2D eigenvalue weighted by Gasteiger charge is -2.04. The van der Waals surface area contributed by atoms with Gasteiger partial charge in [-0.25, -0.2) is 4.79 Å². The van der Waals surface area contributed by atoms with Crippen molar-refractivity contribution in [3.8, 4) is 5.75 Å². The van der Waals surface area contributed by atoms with E-state index in [0.29, 0.717) is 5.75 Å². The summed E-state index contributed by atoms with van der Waals surface area (Å²) < 4.78 is 4.77. The number of hydrogen-bond acceptors (Lipinski definition) is 4. The second-order valence-electron chi connectivity index (χ2n) is 2.92. The standard InChI is InChI=1S/C11H8O4/c12-11(15-13)14-10-7-3-5-8-4-1-2-6-9(8)10/h1-7,13H. The lowest BCUT2D eigenvalue weighted by Crippen LogP contribution is -2.07. The Hall–Kier alpha value is -2.07. The Kier molecular flexibility index (Phi) is 2.51. The van der Waals surface area contributed by atoms with Crippen LogP contribution in [-0.4, -0.2) is 11.4 Å². The predicted molar refractivity (Wildman–Crippen MR) is 53.7 cm³/mol. The molecule has 0 bridgehead atoms. The van der Waals surface area contributed by atoms with E-state index in [9.17, 15) is 4.79 Å². The first-order valence-electron chi connectivity index (χ1n) is 4.32. The topological polar surface area (TPSA) is 55.8 Å². The number of fused-ring (bicyclic) bond motifs is 1. The van der Waals surface area contributed by atoms with Gasteiger partial charge >= 0.3 is 6.16 Å². The average molecular weight is 204 g/mol. The van der Waals surface area contributed by atoms with E-state index in [1.54, 1.807) is 12.1 Å². The van der Waals surface area contributed by atoms with Crippen LogP contribution in [0.5, 0.6) is 5.75 Å². The minimum absolute atomic E-state index is 0.354. The molecule has 2 rings (SSSR count). The fourth-order valence-electron chi connectivity index (χ4n) is 1.39. The number of carbonyl (C=O) groups is 1. The van der Waals surface area contributed by atoms with Crippen LogP contribution in [0.3, 0.4) is 0 Å². The van der Waals surface area contributed by atoms with Crippen LogP contribution in [0.25, 0.3) is 10.8 Å². The molecule has 0 fully saturated rings. The second-order valence-corrected chi connectivity index (χ2v) is 2.92. The maximum Gasteiger partial charge on any atom is 0.545 e. The molecule has 0 amide bonds. The van der Waals surface area contributed by atoms with Crippen molar-refractivity contribution in [2.75, 3.05) is 0 Å². The van der Waals surface area contributed by atoms with Crippen LogP contribution in [0.4, 0.5) is 4.79 Å². The minimum Gasteiger partial charge on any atom is -0.392 e. The summed E-state index contributed by atoms with van der Waals surface area (Å²) in [7, 11) is 0. The van der Waals surface area contributed by atoms with Crippen molar-refractivity contribution in [3.05, 3.63) is 42.5 Å². The van der Waals surface area contributed by atoms with Crippen molar-refractivity contribution in [2.24, 2.45) is 0 Å². The Balaban J connectivity index is 2.46. The monoisotopic (exact) mass is 204 g/mol. The van der Waals surface area contributed by atoms with E-state index in [1.807, 2.05) is 30.3 Å². The molecule has 0 aromatic heterocycles. The largest absolute Gasteiger partial charge is 0.545 e. The molecule has 0 unspecified atom stereocenters. The molecular weight excluding hydrogens is 196 g/mol. The summed E-state index contributed by atoms with van der Waals surface area (Å²) in [5.74, 6) is 0.354. The third-order valence-electron chi connectivity index (χ3n) is 2.02. The summed E-state index contributed by atoms with van der Waals surface area (Å²) in [5, 5.41) is 9.82. The SMILES string of the molecule is O=C(OO)Oc1cccc2ccccc12. The van der Waals surface area contributed by atoms with Gasteiger partial charge in [-0.1, -0.05) is 36.4 Å². The molecule has 4 nitrogen and oxygen atoms in total. The maximum absolute atomic E-state index is 10.7. The molecule has 0 aliphatic carbocycles. The number of rotatable bonds is 1. The highest BCUT2D eigenvalue weighted by Crippen LogP contribution is 2.25. The summed E-state index contributed by atoms with van der Waals surface area (Å²) in [6.07, 6.45) is -1.15. The molecule has 0 atom stereocenters. The van der Waals surface area contributed by atoms with E-state index in [-0.39, 0.29) is 0 Å². The Morgan fingerprint density at radius 2 is 1.80 bits per heavy atom. The van der Waals surface area contributed by atoms with Crippen LogP contribution in [0, 0.1) is 0 Å². The van der Waals surface area contributed by atoms with Gasteiger partial charge in [-0.15, -0.1) is 0 Å². The normalized spacial score (nSPS) is 9.93. The van der Waals surface area contributed by atoms with Crippen molar-refractivity contribution in [1.29, 1.82) is 0 Å². The van der Waals surface area contributed by atoms with Gasteiger partial charge in [-0.2, -0.15) is 5.26 Å². The summed E-state index contributed by atoms with van der Waals surface area (Å²) in [6.45, 7) is 0. The van der Waals surface area contributed by atoms with Crippen molar-refractivity contribution in [1.82, 2.24) is 0 Å². The Morgan fingerprint density at radius 3 is 2.60 bits per heavy atom. The lowest BCUT2D eigenvalue weighted by atomic mass is 10.1. The fraction of sp³-hybridized carbons (Fsp3) is 0. The van der Waals surface area contributed by atoms with E-state index >= 15 is 0 Å². The third-order valence-corrected chi connectivity index (χ3v) is 2.02. The number of benzene rings is 2. The number of hydrogen-bond donors (Lipinski definition) is 1. The molecule has 0 radical (unpaired) electrons. The van der Waals surface area contributed by atoms with E-state index in [1.165, 1.54) is 0 Å². The molecule has 1 N–H and O–H groups in total. The summed E-state index contributed by atoms with van der Waals surface area (Å²) in [4.78, 5) is 14.2. The van der Waals surface area contributed by atoms with Crippen LogP contribution in [-0.2, 0) is 4.89 Å². The van der Waals surface area contributed by atoms with Crippen molar-refractivity contribution >= 4 is 16.9 Å². The molecule has 0 aliphatic rings. The van der Waals surface area contributed by atoms with Crippen LogP contribution in [0.1, 0.15) is 0 Å². The average Bonchev–Trinajstić information content (AvgIpc) is 2.29. The van der Waals surface area contributed by atoms with Gasteiger partial charge in [0, 0.05) is 5.39 Å². The Labute approximate surface area is 85.6 Å². The second kappa shape index (κ2) is 3.98. The van der Waals surface area contributed by atoms with Crippen LogP contribution < -0.4 is 4.74 Å². The maximum atomic E-state index is 10.7. The highest BCUT2D eigenvalue weighted by atomic mass is 17.1. The first-order valence-corrected chi connectivity index (χ1v) is 4.32. The van der Waals surface area contributed by atoms with Crippen molar-refractivity contribution in [2.45, 2.75) is 0 Å². The first-order chi connectivity index (χ1) is 7.31. The molecule has 0 spiro atoms. The fourth-order valence-corrected chi connectivity index (χ4v) is 1.39. The van der Waals surface area contributed by atoms with Gasteiger partial charge < -0.3 is 4.74 Å². The zero-order valence-electron chi connectivity index (χ0n) is 7.71. The molecule has 0 aliphatic heterocycles. The summed E-state index contributed by atoms with van der Waals surface area (Å²) in [5.41, 5.74) is 0.